The highest BCUT2D eigenvalue weighted by molar-refractivity contribution is 14.0. The van der Waals surface area contributed by atoms with Crippen LogP contribution in [0.4, 0.5) is 0 Å². The number of hydrogen-bond acceptors (Lipinski definition) is 3. The van der Waals surface area contributed by atoms with Gasteiger partial charge in [-0.25, -0.2) is 4.99 Å². The van der Waals surface area contributed by atoms with Crippen molar-refractivity contribution >= 4 is 35.8 Å². The molecule has 0 atom stereocenters. The molecule has 1 aliphatic heterocycles. The van der Waals surface area contributed by atoms with Gasteiger partial charge in [0.25, 0.3) is 0 Å². The molecule has 1 fully saturated rings. The second kappa shape index (κ2) is 13.8. The van der Waals surface area contributed by atoms with Gasteiger partial charge in [-0.05, 0) is 44.1 Å². The quantitative estimate of drug-likeness (QED) is 0.242. The number of carbonyl (C=O) groups is 1. The second-order valence-electron chi connectivity index (χ2n) is 6.69. The van der Waals surface area contributed by atoms with E-state index in [1.807, 2.05) is 17.9 Å². The summed E-state index contributed by atoms with van der Waals surface area (Å²) in [5.74, 6) is 1.04. The minimum atomic E-state index is 0. The van der Waals surface area contributed by atoms with Gasteiger partial charge in [-0.3, -0.25) is 4.79 Å². The van der Waals surface area contributed by atoms with Crippen molar-refractivity contribution in [2.45, 2.75) is 32.6 Å². The van der Waals surface area contributed by atoms with E-state index in [-0.39, 0.29) is 36.4 Å². The zero-order valence-corrected chi connectivity index (χ0v) is 18.6. The molecule has 1 aromatic rings. The van der Waals surface area contributed by atoms with Gasteiger partial charge in [0, 0.05) is 32.8 Å². The van der Waals surface area contributed by atoms with Gasteiger partial charge in [0.2, 0.25) is 5.91 Å². The molecule has 152 valence electrons. The number of nitrogens with zero attached hydrogens (tertiary/aromatic N) is 2. The largest absolute Gasteiger partial charge is 0.382 e. The molecule has 0 bridgehead atoms. The molecule has 0 unspecified atom stereocenters. The lowest BCUT2D eigenvalue weighted by Crippen LogP contribution is -2.41. The van der Waals surface area contributed by atoms with Crippen LogP contribution < -0.4 is 11.1 Å². The topological polar surface area (TPSA) is 80.0 Å². The first-order valence-electron chi connectivity index (χ1n) is 9.62. The summed E-state index contributed by atoms with van der Waals surface area (Å²) in [7, 11) is 0. The number of benzene rings is 1. The number of nitrogens with one attached hydrogen (secondary N) is 1. The van der Waals surface area contributed by atoms with Crippen LogP contribution in [-0.4, -0.2) is 56.2 Å². The highest BCUT2D eigenvalue weighted by Gasteiger charge is 2.22. The molecule has 0 radical (unpaired) electrons. The molecule has 0 saturated carbocycles. The van der Waals surface area contributed by atoms with Crippen LogP contribution in [0.2, 0.25) is 0 Å². The molecule has 1 aliphatic rings. The molecular formula is C20H33IN4O2. The summed E-state index contributed by atoms with van der Waals surface area (Å²) in [6.07, 6.45) is 4.07. The Hall–Kier alpha value is -1.35. The van der Waals surface area contributed by atoms with E-state index in [4.69, 9.17) is 10.5 Å². The number of rotatable bonds is 9. The lowest BCUT2D eigenvalue weighted by atomic mass is 9.90. The third-order valence-corrected chi connectivity index (χ3v) is 4.69. The number of carbonyl (C=O) groups excluding carboxylic acids is 1. The molecule has 3 N–H and O–H groups in total. The van der Waals surface area contributed by atoms with Crippen LogP contribution in [0.15, 0.2) is 35.3 Å². The predicted molar refractivity (Wildman–Crippen MR) is 120 cm³/mol. The van der Waals surface area contributed by atoms with E-state index < -0.39 is 0 Å². The number of likely N-dealkylation sites (tertiary alicyclic amines) is 1. The number of piperidine rings is 1. The predicted octanol–water partition coefficient (Wildman–Crippen LogP) is 2.42. The van der Waals surface area contributed by atoms with Gasteiger partial charge in [0.05, 0.1) is 0 Å². The SMILES string of the molecule is CCOCCCNC(N)=NCC(=O)N1CCC(Cc2ccccc2)CC1.I. The number of hydrogen-bond donors (Lipinski definition) is 2. The zero-order valence-electron chi connectivity index (χ0n) is 16.2. The maximum atomic E-state index is 12.3. The van der Waals surface area contributed by atoms with Gasteiger partial charge < -0.3 is 20.7 Å². The van der Waals surface area contributed by atoms with E-state index in [1.165, 1.54) is 5.56 Å². The lowest BCUT2D eigenvalue weighted by Gasteiger charge is -2.31. The highest BCUT2D eigenvalue weighted by Crippen LogP contribution is 2.21. The van der Waals surface area contributed by atoms with Crippen LogP contribution in [0.5, 0.6) is 0 Å². The Labute approximate surface area is 179 Å². The normalized spacial score (nSPS) is 15.3. The Balaban J connectivity index is 0.00000364. The molecule has 7 heteroatoms. The van der Waals surface area contributed by atoms with Crippen LogP contribution in [-0.2, 0) is 16.0 Å². The zero-order chi connectivity index (χ0) is 18.6. The second-order valence-corrected chi connectivity index (χ2v) is 6.69. The Morgan fingerprint density at radius 1 is 1.30 bits per heavy atom. The highest BCUT2D eigenvalue weighted by atomic mass is 127. The van der Waals surface area contributed by atoms with E-state index in [2.05, 4.69) is 34.6 Å². The smallest absolute Gasteiger partial charge is 0.244 e. The van der Waals surface area contributed by atoms with Crippen molar-refractivity contribution in [3.05, 3.63) is 35.9 Å². The minimum absolute atomic E-state index is 0. The van der Waals surface area contributed by atoms with Crippen LogP contribution in [0.25, 0.3) is 0 Å². The van der Waals surface area contributed by atoms with Gasteiger partial charge >= 0.3 is 0 Å². The van der Waals surface area contributed by atoms with E-state index in [1.54, 1.807) is 0 Å². The van der Waals surface area contributed by atoms with Crippen LogP contribution in [0.3, 0.4) is 0 Å². The van der Waals surface area contributed by atoms with Crippen LogP contribution in [0, 0.1) is 5.92 Å². The number of aliphatic imine (C=N–C) groups is 1. The van der Waals surface area contributed by atoms with Crippen molar-refractivity contribution in [1.82, 2.24) is 10.2 Å². The van der Waals surface area contributed by atoms with Gasteiger partial charge in [0.15, 0.2) is 5.96 Å². The molecule has 0 aromatic heterocycles. The molecule has 6 nitrogen and oxygen atoms in total. The standard InChI is InChI=1S/C20H32N4O2.HI/c1-2-26-14-6-11-22-20(21)23-16-19(25)24-12-9-18(10-13-24)15-17-7-4-3-5-8-17;/h3-5,7-8,18H,2,6,9-16H2,1H3,(H3,21,22,23);1H. The van der Waals surface area contributed by atoms with Crippen molar-refractivity contribution < 1.29 is 9.53 Å². The summed E-state index contributed by atoms with van der Waals surface area (Å²) in [5, 5.41) is 3.01. The number of guanidine groups is 1. The molecule has 1 aromatic carbocycles. The number of nitrogens with two attached hydrogens (primary N) is 1. The van der Waals surface area contributed by atoms with Crippen molar-refractivity contribution in [2.24, 2.45) is 16.6 Å². The fourth-order valence-corrected chi connectivity index (χ4v) is 3.18. The number of halogens is 1. The Bertz CT molecular complexity index is 560. The summed E-state index contributed by atoms with van der Waals surface area (Å²) >= 11 is 0. The van der Waals surface area contributed by atoms with E-state index in [9.17, 15) is 4.79 Å². The Morgan fingerprint density at radius 3 is 2.67 bits per heavy atom. The third kappa shape index (κ3) is 9.41. The molecule has 27 heavy (non-hydrogen) atoms. The molecule has 2 rings (SSSR count). The van der Waals surface area contributed by atoms with Crippen LogP contribution in [0.1, 0.15) is 31.7 Å². The molecular weight excluding hydrogens is 455 g/mol. The first-order valence-corrected chi connectivity index (χ1v) is 9.62. The van der Waals surface area contributed by atoms with Crippen molar-refractivity contribution in [1.29, 1.82) is 0 Å². The first-order chi connectivity index (χ1) is 12.7. The number of ether oxygens (including phenoxy) is 1. The molecule has 1 heterocycles. The monoisotopic (exact) mass is 488 g/mol. The van der Waals surface area contributed by atoms with Gasteiger partial charge in [-0.2, -0.15) is 0 Å². The molecule has 0 aliphatic carbocycles. The van der Waals surface area contributed by atoms with E-state index >= 15 is 0 Å². The fourth-order valence-electron chi connectivity index (χ4n) is 3.18. The summed E-state index contributed by atoms with van der Waals surface area (Å²) < 4.78 is 5.26. The van der Waals surface area contributed by atoms with Crippen molar-refractivity contribution in [3.63, 3.8) is 0 Å². The Morgan fingerprint density at radius 2 is 2.00 bits per heavy atom. The molecule has 1 amide bonds. The van der Waals surface area contributed by atoms with Gasteiger partial charge in [0.1, 0.15) is 6.54 Å². The molecule has 0 spiro atoms. The van der Waals surface area contributed by atoms with Gasteiger partial charge in [-0.1, -0.05) is 30.3 Å². The minimum Gasteiger partial charge on any atom is -0.382 e. The summed E-state index contributed by atoms with van der Waals surface area (Å²) in [4.78, 5) is 18.4. The first kappa shape index (κ1) is 23.7. The van der Waals surface area contributed by atoms with Crippen LogP contribution >= 0.6 is 24.0 Å². The molecule has 1 saturated heterocycles. The maximum absolute atomic E-state index is 12.3. The average molecular weight is 488 g/mol. The maximum Gasteiger partial charge on any atom is 0.244 e. The van der Waals surface area contributed by atoms with Crippen molar-refractivity contribution in [2.75, 3.05) is 39.4 Å². The van der Waals surface area contributed by atoms with Crippen molar-refractivity contribution in [3.8, 4) is 0 Å². The average Bonchev–Trinajstić information content (AvgIpc) is 2.67. The third-order valence-electron chi connectivity index (χ3n) is 4.69. The Kier molecular flexibility index (Phi) is 12.1. The number of amides is 1. The summed E-state index contributed by atoms with van der Waals surface area (Å²) in [5.41, 5.74) is 7.18. The van der Waals surface area contributed by atoms with Gasteiger partial charge in [-0.15, -0.1) is 24.0 Å². The van der Waals surface area contributed by atoms with E-state index in [0.717, 1.165) is 45.4 Å². The lowest BCUT2D eigenvalue weighted by molar-refractivity contribution is -0.130. The fraction of sp³-hybridized carbons (Fsp3) is 0.600. The summed E-state index contributed by atoms with van der Waals surface area (Å²) in [6, 6.07) is 10.6. The summed E-state index contributed by atoms with van der Waals surface area (Å²) in [6.45, 7) is 5.84. The van der Waals surface area contributed by atoms with E-state index in [0.29, 0.717) is 25.0 Å².